The number of esters is 1. The number of rotatable bonds is 20. The number of unbranched alkanes of at least 4 members (excludes halogenated alkanes) is 4. The zero-order valence-corrected chi connectivity index (χ0v) is 29.1. The van der Waals surface area contributed by atoms with Crippen LogP contribution in [0.5, 0.6) is 0 Å². The number of ether oxygens (including phenoxy) is 2. The van der Waals surface area contributed by atoms with Crippen LogP contribution in [0.3, 0.4) is 0 Å². The third-order valence-corrected chi connectivity index (χ3v) is 10.4. The molecule has 10 nitrogen and oxygen atoms in total. The van der Waals surface area contributed by atoms with Gasteiger partial charge in [-0.15, -0.1) is 13.2 Å². The van der Waals surface area contributed by atoms with Crippen molar-refractivity contribution < 1.29 is 33.8 Å². The summed E-state index contributed by atoms with van der Waals surface area (Å²) in [5.41, 5.74) is -0.412. The molecule has 3 aliphatic heterocycles. The molecule has 11 heteroatoms. The minimum absolute atomic E-state index is 0.0534. The second-order valence-electron chi connectivity index (χ2n) is 12.7. The SMILES string of the molecule is C=CCCC(=O)OC[C@H](NC(=O)[C@H]1[C@@H]2O[C@@]3(CC2Br)[C@@H]1C(=O)N(CCCCCO)[C@@H]3C(=O)N(CC=C)CCCCC)c1ccccc1. The number of aliphatic hydroxyl groups excluding tert-OH is 1. The lowest BCUT2D eigenvalue weighted by Gasteiger charge is -2.37. The molecule has 1 aromatic rings. The van der Waals surface area contributed by atoms with Crippen molar-refractivity contribution in [2.45, 2.75) is 93.3 Å². The molecule has 47 heavy (non-hydrogen) atoms. The van der Waals surface area contributed by atoms with E-state index in [4.69, 9.17) is 9.47 Å². The molecule has 0 aromatic heterocycles. The summed E-state index contributed by atoms with van der Waals surface area (Å²) in [5, 5.41) is 12.4. The van der Waals surface area contributed by atoms with Crippen LogP contribution in [0.25, 0.3) is 0 Å². The standard InChI is InChI=1S/C36H50BrN3O7/c1-4-7-13-20-39(19-6-3)35(45)32-36-23-26(37)31(47-36)29(30(36)34(44)40(32)21-14-10-15-22-41)33(43)38-27(25-16-11-9-12-17-25)24-46-28(42)18-8-5-2/h5-6,9,11-12,16-17,26-27,29-32,41H,2-4,7-8,10,13-15,18-24H2,1H3,(H,38,43)/t26?,27-,29+,30-,31+,32+,36-/m0/s1. The summed E-state index contributed by atoms with van der Waals surface area (Å²) in [7, 11) is 0. The van der Waals surface area contributed by atoms with Gasteiger partial charge in [0.05, 0.1) is 24.0 Å². The van der Waals surface area contributed by atoms with Gasteiger partial charge in [-0.25, -0.2) is 0 Å². The van der Waals surface area contributed by atoms with Crippen LogP contribution in [-0.4, -0.2) is 94.0 Å². The molecule has 0 radical (unpaired) electrons. The summed E-state index contributed by atoms with van der Waals surface area (Å²) in [6.45, 7) is 10.8. The Bertz CT molecular complexity index is 1260. The fraction of sp³-hybridized carbons (Fsp3) is 0.611. The first kappa shape index (κ1) is 36.8. The minimum Gasteiger partial charge on any atom is -0.463 e. The summed E-state index contributed by atoms with van der Waals surface area (Å²) in [6.07, 6.45) is 8.54. The van der Waals surface area contributed by atoms with E-state index >= 15 is 0 Å². The van der Waals surface area contributed by atoms with Crippen molar-refractivity contribution in [3.05, 3.63) is 61.2 Å². The van der Waals surface area contributed by atoms with E-state index in [-0.39, 0.29) is 42.2 Å². The van der Waals surface area contributed by atoms with Crippen LogP contribution in [0.1, 0.15) is 76.3 Å². The van der Waals surface area contributed by atoms with Gasteiger partial charge in [-0.2, -0.15) is 0 Å². The van der Waals surface area contributed by atoms with Gasteiger partial charge in [-0.05, 0) is 44.1 Å². The Morgan fingerprint density at radius 3 is 2.62 bits per heavy atom. The molecular formula is C36H50BrN3O7. The summed E-state index contributed by atoms with van der Waals surface area (Å²) < 4.78 is 12.2. The van der Waals surface area contributed by atoms with Gasteiger partial charge in [0.15, 0.2) is 0 Å². The zero-order chi connectivity index (χ0) is 34.0. The van der Waals surface area contributed by atoms with Crippen molar-refractivity contribution in [1.29, 1.82) is 0 Å². The average molecular weight is 717 g/mol. The van der Waals surface area contributed by atoms with Crippen LogP contribution in [-0.2, 0) is 28.7 Å². The highest BCUT2D eigenvalue weighted by Gasteiger charge is 2.76. The lowest BCUT2D eigenvalue weighted by molar-refractivity contribution is -0.148. The molecule has 3 amide bonds. The van der Waals surface area contributed by atoms with Crippen molar-refractivity contribution in [2.75, 3.05) is 32.8 Å². The Kier molecular flexibility index (Phi) is 13.6. The second-order valence-corrected chi connectivity index (χ2v) is 13.9. The van der Waals surface area contributed by atoms with Crippen molar-refractivity contribution in [3.63, 3.8) is 0 Å². The summed E-state index contributed by atoms with van der Waals surface area (Å²) in [5.74, 6) is -2.91. The Hall–Kier alpha value is -3.02. The van der Waals surface area contributed by atoms with E-state index in [0.717, 1.165) is 24.8 Å². The highest BCUT2D eigenvalue weighted by Crippen LogP contribution is 2.60. The largest absolute Gasteiger partial charge is 0.463 e. The fourth-order valence-electron chi connectivity index (χ4n) is 7.34. The van der Waals surface area contributed by atoms with Crippen molar-refractivity contribution in [2.24, 2.45) is 11.8 Å². The maximum absolute atomic E-state index is 14.5. The van der Waals surface area contributed by atoms with E-state index in [1.165, 1.54) is 0 Å². The molecule has 7 atom stereocenters. The van der Waals surface area contributed by atoms with Gasteiger partial charge in [0.25, 0.3) is 0 Å². The minimum atomic E-state index is -1.17. The number of aliphatic hydroxyl groups is 1. The average Bonchev–Trinajstić information content (AvgIpc) is 3.66. The smallest absolute Gasteiger partial charge is 0.306 e. The number of alkyl halides is 1. The lowest BCUT2D eigenvalue weighted by Crippen LogP contribution is -2.57. The Morgan fingerprint density at radius 2 is 1.94 bits per heavy atom. The van der Waals surface area contributed by atoms with Gasteiger partial charge in [0, 0.05) is 37.5 Å². The van der Waals surface area contributed by atoms with Crippen LogP contribution < -0.4 is 5.32 Å². The molecule has 3 saturated heterocycles. The van der Waals surface area contributed by atoms with Crippen LogP contribution >= 0.6 is 15.9 Å². The highest BCUT2D eigenvalue weighted by molar-refractivity contribution is 9.09. The second kappa shape index (κ2) is 17.4. The number of hydrogen-bond acceptors (Lipinski definition) is 7. The molecule has 1 aromatic carbocycles. The van der Waals surface area contributed by atoms with E-state index in [1.807, 2.05) is 30.3 Å². The maximum atomic E-state index is 14.5. The highest BCUT2D eigenvalue weighted by atomic mass is 79.9. The first-order valence-electron chi connectivity index (χ1n) is 17.0. The van der Waals surface area contributed by atoms with E-state index in [9.17, 15) is 24.3 Å². The number of carbonyl (C=O) groups excluding carboxylic acids is 4. The summed E-state index contributed by atoms with van der Waals surface area (Å²) in [6, 6.07) is 7.73. The number of hydrogen-bond donors (Lipinski definition) is 2. The third kappa shape index (κ3) is 8.17. The van der Waals surface area contributed by atoms with Crippen molar-refractivity contribution in [3.8, 4) is 0 Å². The zero-order valence-electron chi connectivity index (χ0n) is 27.5. The number of halogens is 1. The van der Waals surface area contributed by atoms with Gasteiger partial charge in [-0.1, -0.05) is 78.2 Å². The number of amides is 3. The van der Waals surface area contributed by atoms with Crippen LogP contribution in [0, 0.1) is 11.8 Å². The number of benzene rings is 1. The number of nitrogens with zero attached hydrogens (tertiary/aromatic N) is 2. The Balaban J connectivity index is 1.64. The molecule has 3 heterocycles. The predicted octanol–water partition coefficient (Wildman–Crippen LogP) is 4.47. The molecule has 3 fully saturated rings. The number of allylic oxidation sites excluding steroid dienone is 1. The molecule has 1 unspecified atom stereocenters. The molecule has 0 saturated carbocycles. The molecule has 2 bridgehead atoms. The molecule has 1 spiro atoms. The predicted molar refractivity (Wildman–Crippen MR) is 182 cm³/mol. The van der Waals surface area contributed by atoms with Gasteiger partial charge < -0.3 is 29.7 Å². The first-order valence-corrected chi connectivity index (χ1v) is 17.9. The quantitative estimate of drug-likeness (QED) is 0.0884. The van der Waals surface area contributed by atoms with Crippen LogP contribution in [0.2, 0.25) is 0 Å². The van der Waals surface area contributed by atoms with Gasteiger partial charge >= 0.3 is 5.97 Å². The molecule has 4 rings (SSSR count). The van der Waals surface area contributed by atoms with Crippen molar-refractivity contribution >= 4 is 39.6 Å². The molecule has 2 N–H and O–H groups in total. The van der Waals surface area contributed by atoms with E-state index < -0.39 is 41.6 Å². The van der Waals surface area contributed by atoms with Gasteiger partial charge in [0.1, 0.15) is 18.2 Å². The van der Waals surface area contributed by atoms with E-state index in [1.54, 1.807) is 22.0 Å². The topological polar surface area (TPSA) is 125 Å². The fourth-order valence-corrected chi connectivity index (χ4v) is 8.28. The number of carbonyl (C=O) groups is 4. The van der Waals surface area contributed by atoms with E-state index in [0.29, 0.717) is 51.7 Å². The normalized spacial score (nSPS) is 26.5. The number of fused-ring (bicyclic) bond motifs is 1. The van der Waals surface area contributed by atoms with Crippen molar-refractivity contribution in [1.82, 2.24) is 15.1 Å². The summed E-state index contributed by atoms with van der Waals surface area (Å²) >= 11 is 3.75. The molecule has 258 valence electrons. The molecule has 0 aliphatic carbocycles. The Morgan fingerprint density at radius 1 is 1.17 bits per heavy atom. The number of nitrogens with one attached hydrogen (secondary N) is 1. The summed E-state index contributed by atoms with van der Waals surface area (Å²) in [4.78, 5) is 58.7. The molecular weight excluding hydrogens is 666 g/mol. The Labute approximate surface area is 287 Å². The van der Waals surface area contributed by atoms with Crippen LogP contribution in [0.15, 0.2) is 55.6 Å². The monoisotopic (exact) mass is 715 g/mol. The number of likely N-dealkylation sites (tertiary alicyclic amines) is 1. The third-order valence-electron chi connectivity index (χ3n) is 9.56. The van der Waals surface area contributed by atoms with E-state index in [2.05, 4.69) is 41.3 Å². The lowest BCUT2D eigenvalue weighted by atomic mass is 9.70. The van der Waals surface area contributed by atoms with Gasteiger partial charge in [-0.3, -0.25) is 19.2 Å². The maximum Gasteiger partial charge on any atom is 0.306 e. The molecule has 3 aliphatic rings. The van der Waals surface area contributed by atoms with Crippen LogP contribution in [0.4, 0.5) is 0 Å². The first-order chi connectivity index (χ1) is 22.7. The van der Waals surface area contributed by atoms with Gasteiger partial charge in [0.2, 0.25) is 17.7 Å².